The monoisotopic (exact) mass is 249 g/mol. The molecule has 0 heterocycles. The van der Waals surface area contributed by atoms with E-state index in [1.165, 1.54) is 0 Å². The molecule has 0 atom stereocenters. The topological polar surface area (TPSA) is 33.0 Å². The maximum absolute atomic E-state index is 9.00. The number of allylic oxidation sites excluding steroid dienone is 1. The lowest BCUT2D eigenvalue weighted by molar-refractivity contribution is 0.415. The Morgan fingerprint density at radius 2 is 1.84 bits per heavy atom. The summed E-state index contributed by atoms with van der Waals surface area (Å²) in [5, 5.41) is 9.00. The summed E-state index contributed by atoms with van der Waals surface area (Å²) in [6, 6.07) is 17.8. The molecule has 0 N–H and O–H groups in total. The van der Waals surface area contributed by atoms with E-state index in [9.17, 15) is 0 Å². The highest BCUT2D eigenvalue weighted by Crippen LogP contribution is 2.13. The van der Waals surface area contributed by atoms with Crippen LogP contribution < -0.4 is 4.74 Å². The quantitative estimate of drug-likeness (QED) is 0.825. The van der Waals surface area contributed by atoms with Crippen molar-refractivity contribution in [2.75, 3.05) is 7.11 Å². The fourth-order valence-electron chi connectivity index (χ4n) is 1.84. The van der Waals surface area contributed by atoms with E-state index < -0.39 is 0 Å². The van der Waals surface area contributed by atoms with E-state index in [2.05, 4.69) is 12.1 Å². The van der Waals surface area contributed by atoms with Gasteiger partial charge in [-0.05, 0) is 35.7 Å². The third kappa shape index (κ3) is 3.46. The SMILES string of the molecule is COc1ccc(/C=C/Cc2ccccc2C#N)cc1. The minimum Gasteiger partial charge on any atom is -0.497 e. The third-order valence-electron chi connectivity index (χ3n) is 2.90. The van der Waals surface area contributed by atoms with Crippen molar-refractivity contribution in [3.63, 3.8) is 0 Å². The highest BCUT2D eigenvalue weighted by atomic mass is 16.5. The van der Waals surface area contributed by atoms with E-state index in [-0.39, 0.29) is 0 Å². The molecule has 0 radical (unpaired) electrons. The van der Waals surface area contributed by atoms with Crippen LogP contribution in [0.3, 0.4) is 0 Å². The van der Waals surface area contributed by atoms with E-state index in [0.29, 0.717) is 0 Å². The third-order valence-corrected chi connectivity index (χ3v) is 2.90. The first-order valence-corrected chi connectivity index (χ1v) is 6.12. The fraction of sp³-hybridized carbons (Fsp3) is 0.118. The molecule has 19 heavy (non-hydrogen) atoms. The number of ether oxygens (including phenoxy) is 1. The van der Waals surface area contributed by atoms with E-state index in [4.69, 9.17) is 10.00 Å². The Labute approximate surface area is 113 Å². The van der Waals surface area contributed by atoms with Crippen LogP contribution in [-0.4, -0.2) is 7.11 Å². The van der Waals surface area contributed by atoms with Crippen LogP contribution in [0.1, 0.15) is 16.7 Å². The summed E-state index contributed by atoms with van der Waals surface area (Å²) in [7, 11) is 1.66. The van der Waals surface area contributed by atoms with Gasteiger partial charge in [-0.2, -0.15) is 5.26 Å². The number of methoxy groups -OCH3 is 1. The van der Waals surface area contributed by atoms with Gasteiger partial charge in [0.25, 0.3) is 0 Å². The summed E-state index contributed by atoms with van der Waals surface area (Å²) in [6.45, 7) is 0. The highest BCUT2D eigenvalue weighted by Gasteiger charge is 1.97. The summed E-state index contributed by atoms with van der Waals surface area (Å²) < 4.78 is 5.11. The molecule has 2 rings (SSSR count). The molecule has 0 aliphatic heterocycles. The van der Waals surface area contributed by atoms with E-state index in [0.717, 1.165) is 28.9 Å². The zero-order valence-electron chi connectivity index (χ0n) is 10.8. The van der Waals surface area contributed by atoms with Crippen molar-refractivity contribution >= 4 is 6.08 Å². The zero-order valence-corrected chi connectivity index (χ0v) is 10.8. The molecule has 2 heteroatoms. The van der Waals surface area contributed by atoms with Crippen LogP contribution in [-0.2, 0) is 6.42 Å². The van der Waals surface area contributed by atoms with Gasteiger partial charge >= 0.3 is 0 Å². The Morgan fingerprint density at radius 3 is 2.53 bits per heavy atom. The molecule has 2 aromatic rings. The van der Waals surface area contributed by atoms with Gasteiger partial charge in [0.1, 0.15) is 5.75 Å². The zero-order chi connectivity index (χ0) is 13.5. The Hall–Kier alpha value is -2.53. The molecular formula is C17H15NO. The van der Waals surface area contributed by atoms with Crippen molar-refractivity contribution < 1.29 is 4.74 Å². The molecule has 0 fully saturated rings. The van der Waals surface area contributed by atoms with Crippen molar-refractivity contribution in [3.05, 3.63) is 71.3 Å². The largest absolute Gasteiger partial charge is 0.497 e. The Morgan fingerprint density at radius 1 is 1.11 bits per heavy atom. The summed E-state index contributed by atoms with van der Waals surface area (Å²) in [4.78, 5) is 0. The van der Waals surface area contributed by atoms with E-state index >= 15 is 0 Å². The maximum atomic E-state index is 9.00. The molecule has 2 nitrogen and oxygen atoms in total. The average molecular weight is 249 g/mol. The van der Waals surface area contributed by atoms with Crippen molar-refractivity contribution in [2.24, 2.45) is 0 Å². The van der Waals surface area contributed by atoms with Gasteiger partial charge in [0.05, 0.1) is 18.7 Å². The molecule has 2 aromatic carbocycles. The van der Waals surface area contributed by atoms with Gasteiger partial charge in [-0.25, -0.2) is 0 Å². The number of rotatable bonds is 4. The van der Waals surface area contributed by atoms with E-state index in [1.54, 1.807) is 7.11 Å². The molecule has 0 amide bonds. The number of hydrogen-bond donors (Lipinski definition) is 0. The first-order valence-electron chi connectivity index (χ1n) is 6.12. The summed E-state index contributed by atoms with van der Waals surface area (Å²) in [5.74, 6) is 0.854. The summed E-state index contributed by atoms with van der Waals surface area (Å²) in [6.07, 6.45) is 4.88. The van der Waals surface area contributed by atoms with Crippen molar-refractivity contribution in [1.82, 2.24) is 0 Å². The smallest absolute Gasteiger partial charge is 0.118 e. The second kappa shape index (κ2) is 6.42. The van der Waals surface area contributed by atoms with Gasteiger partial charge in [0, 0.05) is 0 Å². The molecule has 0 aliphatic carbocycles. The molecule has 0 saturated carbocycles. The van der Waals surface area contributed by atoms with Crippen molar-refractivity contribution in [2.45, 2.75) is 6.42 Å². The minimum absolute atomic E-state index is 0.738. The first kappa shape index (κ1) is 12.9. The van der Waals surface area contributed by atoms with Crippen LogP contribution in [0.15, 0.2) is 54.6 Å². The summed E-state index contributed by atoms with van der Waals surface area (Å²) in [5.41, 5.74) is 2.91. The van der Waals surface area contributed by atoms with Gasteiger partial charge in [-0.3, -0.25) is 0 Å². The Bertz CT molecular complexity index is 606. The average Bonchev–Trinajstić information content (AvgIpc) is 2.48. The van der Waals surface area contributed by atoms with Crippen LogP contribution >= 0.6 is 0 Å². The molecule has 0 aromatic heterocycles. The van der Waals surface area contributed by atoms with Crippen LogP contribution in [0.2, 0.25) is 0 Å². The number of benzene rings is 2. The lowest BCUT2D eigenvalue weighted by Crippen LogP contribution is -1.86. The number of nitrogens with zero attached hydrogens (tertiary/aromatic N) is 1. The second-order valence-corrected chi connectivity index (χ2v) is 4.15. The van der Waals surface area contributed by atoms with Crippen LogP contribution in [0, 0.1) is 11.3 Å². The van der Waals surface area contributed by atoms with E-state index in [1.807, 2.05) is 54.6 Å². The molecule has 0 bridgehead atoms. The predicted molar refractivity (Wildman–Crippen MR) is 76.9 cm³/mol. The van der Waals surface area contributed by atoms with Crippen molar-refractivity contribution in [3.8, 4) is 11.8 Å². The number of hydrogen-bond acceptors (Lipinski definition) is 2. The number of nitriles is 1. The second-order valence-electron chi connectivity index (χ2n) is 4.15. The normalized spacial score (nSPS) is 10.3. The van der Waals surface area contributed by atoms with Crippen LogP contribution in [0.25, 0.3) is 6.08 Å². The lowest BCUT2D eigenvalue weighted by atomic mass is 10.0. The van der Waals surface area contributed by atoms with Gasteiger partial charge < -0.3 is 4.74 Å². The van der Waals surface area contributed by atoms with Gasteiger partial charge in [-0.15, -0.1) is 0 Å². The highest BCUT2D eigenvalue weighted by molar-refractivity contribution is 5.51. The van der Waals surface area contributed by atoms with Gasteiger partial charge in [0.2, 0.25) is 0 Å². The first-order chi connectivity index (χ1) is 9.33. The molecule has 0 aliphatic rings. The molecule has 0 spiro atoms. The van der Waals surface area contributed by atoms with Gasteiger partial charge in [0.15, 0.2) is 0 Å². The minimum atomic E-state index is 0.738. The van der Waals surface area contributed by atoms with Crippen LogP contribution in [0.5, 0.6) is 5.75 Å². The Balaban J connectivity index is 2.05. The lowest BCUT2D eigenvalue weighted by Gasteiger charge is -2.00. The maximum Gasteiger partial charge on any atom is 0.118 e. The fourth-order valence-corrected chi connectivity index (χ4v) is 1.84. The van der Waals surface area contributed by atoms with Crippen molar-refractivity contribution in [1.29, 1.82) is 5.26 Å². The Kier molecular flexibility index (Phi) is 4.36. The van der Waals surface area contributed by atoms with Gasteiger partial charge in [-0.1, -0.05) is 42.5 Å². The molecule has 0 unspecified atom stereocenters. The predicted octanol–water partition coefficient (Wildman–Crippen LogP) is 3.82. The molecule has 0 saturated heterocycles. The molecule has 94 valence electrons. The standard InChI is InChI=1S/C17H15NO/c1-19-17-11-9-14(10-12-17)5-4-8-15-6-2-3-7-16(15)13-18/h2-7,9-12H,8H2,1H3/b5-4+. The summed E-state index contributed by atoms with van der Waals surface area (Å²) >= 11 is 0. The molecular weight excluding hydrogens is 234 g/mol. The van der Waals surface area contributed by atoms with Crippen LogP contribution in [0.4, 0.5) is 0 Å².